The number of hydrogen-bond donors (Lipinski definition) is 3. The van der Waals surface area contributed by atoms with E-state index in [4.69, 9.17) is 4.74 Å². The van der Waals surface area contributed by atoms with Crippen molar-refractivity contribution in [2.24, 2.45) is 0 Å². The molecule has 2 aromatic carbocycles. The molecule has 166 valence electrons. The maximum absolute atomic E-state index is 12.5. The van der Waals surface area contributed by atoms with Crippen molar-refractivity contribution in [3.63, 3.8) is 0 Å². The van der Waals surface area contributed by atoms with Crippen LogP contribution in [0.2, 0.25) is 0 Å². The molecule has 1 unspecified atom stereocenters. The van der Waals surface area contributed by atoms with Gasteiger partial charge in [0, 0.05) is 17.6 Å². The Bertz CT molecular complexity index is 1070. The zero-order valence-electron chi connectivity index (χ0n) is 17.8. The number of aromatic nitrogens is 1. The second-order valence-corrected chi connectivity index (χ2v) is 7.74. The molecule has 0 aliphatic heterocycles. The minimum absolute atomic E-state index is 0.192. The number of ether oxygens (including phenoxy) is 1. The summed E-state index contributed by atoms with van der Waals surface area (Å²) in [6.07, 6.45) is 0. The zero-order chi connectivity index (χ0) is 22.9. The van der Waals surface area contributed by atoms with Crippen LogP contribution >= 0.6 is 11.3 Å². The molecular formula is C23H24N4O4S. The van der Waals surface area contributed by atoms with E-state index in [1.807, 2.05) is 30.3 Å². The van der Waals surface area contributed by atoms with Crippen molar-refractivity contribution in [2.75, 3.05) is 17.2 Å². The molecule has 8 nitrogen and oxygen atoms in total. The number of nitrogens with zero attached hydrogens (tertiary/aromatic N) is 1. The molecule has 3 N–H and O–H groups in total. The summed E-state index contributed by atoms with van der Waals surface area (Å²) >= 11 is 1.16. The van der Waals surface area contributed by atoms with Crippen LogP contribution in [0.3, 0.4) is 0 Å². The first-order chi connectivity index (χ1) is 15.5. The van der Waals surface area contributed by atoms with Crippen LogP contribution < -0.4 is 16.0 Å². The Morgan fingerprint density at radius 2 is 1.75 bits per heavy atom. The predicted octanol–water partition coefficient (Wildman–Crippen LogP) is 4.38. The summed E-state index contributed by atoms with van der Waals surface area (Å²) < 4.78 is 5.03. The van der Waals surface area contributed by atoms with Crippen LogP contribution in [0, 0.1) is 0 Å². The monoisotopic (exact) mass is 452 g/mol. The summed E-state index contributed by atoms with van der Waals surface area (Å²) in [6, 6.07) is 16.1. The lowest BCUT2D eigenvalue weighted by Gasteiger charge is -2.11. The molecule has 1 atom stereocenters. The molecule has 0 spiro atoms. The molecule has 3 aromatic rings. The smallest absolute Gasteiger partial charge is 0.321 e. The largest absolute Gasteiger partial charge is 0.466 e. The molecule has 0 radical (unpaired) electrons. The van der Waals surface area contributed by atoms with Gasteiger partial charge < -0.3 is 15.4 Å². The van der Waals surface area contributed by atoms with Crippen molar-refractivity contribution in [1.82, 2.24) is 10.3 Å². The van der Waals surface area contributed by atoms with E-state index in [-0.39, 0.29) is 17.6 Å². The lowest BCUT2D eigenvalue weighted by molar-refractivity contribution is -0.144. The predicted molar refractivity (Wildman–Crippen MR) is 124 cm³/mol. The summed E-state index contributed by atoms with van der Waals surface area (Å²) in [4.78, 5) is 40.5. The molecule has 0 fully saturated rings. The Morgan fingerprint density at radius 1 is 1.03 bits per heavy atom. The number of hydrogen-bond acceptors (Lipinski definition) is 6. The van der Waals surface area contributed by atoms with Crippen LogP contribution in [-0.4, -0.2) is 29.5 Å². The van der Waals surface area contributed by atoms with Gasteiger partial charge in [-0.3, -0.25) is 14.9 Å². The van der Waals surface area contributed by atoms with Gasteiger partial charge in [0.25, 0.3) is 5.91 Å². The van der Waals surface area contributed by atoms with Crippen LogP contribution in [0.5, 0.6) is 0 Å². The molecule has 1 aromatic heterocycles. The topological polar surface area (TPSA) is 109 Å². The van der Waals surface area contributed by atoms with Gasteiger partial charge in [-0.15, -0.1) is 11.3 Å². The van der Waals surface area contributed by atoms with Crippen LogP contribution in [0.25, 0.3) is 0 Å². The van der Waals surface area contributed by atoms with Crippen molar-refractivity contribution in [3.05, 3.63) is 76.8 Å². The zero-order valence-corrected chi connectivity index (χ0v) is 18.6. The number of urea groups is 1. The van der Waals surface area contributed by atoms with E-state index in [1.54, 1.807) is 43.5 Å². The van der Waals surface area contributed by atoms with Gasteiger partial charge in [-0.1, -0.05) is 42.5 Å². The maximum atomic E-state index is 12.5. The molecule has 0 bridgehead atoms. The number of rotatable bonds is 8. The summed E-state index contributed by atoms with van der Waals surface area (Å²) in [5.41, 5.74) is 2.53. The highest BCUT2D eigenvalue weighted by Crippen LogP contribution is 2.21. The highest BCUT2D eigenvalue weighted by atomic mass is 32.1. The van der Waals surface area contributed by atoms with Gasteiger partial charge in [-0.25, -0.2) is 9.78 Å². The SMILES string of the molecule is CCOC(=O)C(C)c1ccc(NC(=O)c2csc(NC(=O)NCc3ccccc3)n2)cc1. The minimum atomic E-state index is -0.401. The van der Waals surface area contributed by atoms with Gasteiger partial charge >= 0.3 is 12.0 Å². The molecule has 1 heterocycles. The third-order valence-corrected chi connectivity index (χ3v) is 5.32. The molecule has 0 aliphatic rings. The first-order valence-electron chi connectivity index (χ1n) is 10.1. The van der Waals surface area contributed by atoms with E-state index in [0.29, 0.717) is 24.0 Å². The van der Waals surface area contributed by atoms with Crippen LogP contribution in [-0.2, 0) is 16.1 Å². The van der Waals surface area contributed by atoms with Crippen LogP contribution in [0.1, 0.15) is 41.4 Å². The molecule has 32 heavy (non-hydrogen) atoms. The fourth-order valence-electron chi connectivity index (χ4n) is 2.81. The Morgan fingerprint density at radius 3 is 2.44 bits per heavy atom. The van der Waals surface area contributed by atoms with E-state index in [9.17, 15) is 14.4 Å². The normalized spacial score (nSPS) is 11.3. The lowest BCUT2D eigenvalue weighted by Crippen LogP contribution is -2.28. The van der Waals surface area contributed by atoms with Gasteiger partial charge in [0.05, 0.1) is 12.5 Å². The number of thiazole rings is 1. The Hall–Kier alpha value is -3.72. The van der Waals surface area contributed by atoms with Crippen LogP contribution in [0.4, 0.5) is 15.6 Å². The fraction of sp³-hybridized carbons (Fsp3) is 0.217. The summed E-state index contributed by atoms with van der Waals surface area (Å²) in [5, 5.41) is 10.0. The number of carbonyl (C=O) groups excluding carboxylic acids is 3. The average Bonchev–Trinajstić information content (AvgIpc) is 3.27. The van der Waals surface area contributed by atoms with E-state index in [0.717, 1.165) is 22.5 Å². The number of benzene rings is 2. The Balaban J connectivity index is 1.52. The third-order valence-electron chi connectivity index (χ3n) is 4.56. The van der Waals surface area contributed by atoms with E-state index in [2.05, 4.69) is 20.9 Å². The van der Waals surface area contributed by atoms with E-state index >= 15 is 0 Å². The molecule has 0 saturated carbocycles. The standard InChI is InChI=1S/C23H24N4O4S/c1-3-31-21(29)15(2)17-9-11-18(12-10-17)25-20(28)19-14-32-23(26-19)27-22(30)24-13-16-7-5-4-6-8-16/h4-12,14-15H,3,13H2,1-2H3,(H,25,28)(H2,24,26,27,30). The summed E-state index contributed by atoms with van der Waals surface area (Å²) in [6.45, 7) is 4.25. The highest BCUT2D eigenvalue weighted by Gasteiger charge is 2.17. The van der Waals surface area contributed by atoms with Crippen molar-refractivity contribution >= 4 is 40.1 Å². The summed E-state index contributed by atoms with van der Waals surface area (Å²) in [7, 11) is 0. The second kappa shape index (κ2) is 11.1. The highest BCUT2D eigenvalue weighted by molar-refractivity contribution is 7.14. The Labute approximate surface area is 190 Å². The van der Waals surface area contributed by atoms with Gasteiger partial charge in [-0.2, -0.15) is 0 Å². The molecule has 0 saturated heterocycles. The first-order valence-corrected chi connectivity index (χ1v) is 11.0. The second-order valence-electron chi connectivity index (χ2n) is 6.88. The van der Waals surface area contributed by atoms with Gasteiger partial charge in [-0.05, 0) is 37.1 Å². The van der Waals surface area contributed by atoms with Crippen molar-refractivity contribution < 1.29 is 19.1 Å². The van der Waals surface area contributed by atoms with Crippen molar-refractivity contribution in [2.45, 2.75) is 26.3 Å². The average molecular weight is 453 g/mol. The number of nitrogens with one attached hydrogen (secondary N) is 3. The number of amides is 3. The van der Waals surface area contributed by atoms with Gasteiger partial charge in [0.1, 0.15) is 5.69 Å². The van der Waals surface area contributed by atoms with E-state index < -0.39 is 11.9 Å². The summed E-state index contributed by atoms with van der Waals surface area (Å²) in [5.74, 6) is -1.08. The third kappa shape index (κ3) is 6.39. The number of anilines is 2. The van der Waals surface area contributed by atoms with E-state index in [1.165, 1.54) is 0 Å². The maximum Gasteiger partial charge on any atom is 0.321 e. The molecular weight excluding hydrogens is 428 g/mol. The first kappa shape index (κ1) is 23.0. The molecule has 3 amide bonds. The minimum Gasteiger partial charge on any atom is -0.466 e. The molecule has 0 aliphatic carbocycles. The van der Waals surface area contributed by atoms with Crippen molar-refractivity contribution in [1.29, 1.82) is 0 Å². The van der Waals surface area contributed by atoms with Crippen molar-refractivity contribution in [3.8, 4) is 0 Å². The molecule has 9 heteroatoms. The Kier molecular flexibility index (Phi) is 7.93. The van der Waals surface area contributed by atoms with Gasteiger partial charge in [0.2, 0.25) is 0 Å². The molecule has 3 rings (SSSR count). The van der Waals surface area contributed by atoms with Gasteiger partial charge in [0.15, 0.2) is 5.13 Å². The quantitative estimate of drug-likeness (QED) is 0.439. The number of esters is 1. The van der Waals surface area contributed by atoms with Crippen LogP contribution in [0.15, 0.2) is 60.0 Å². The number of carbonyl (C=O) groups is 3. The lowest BCUT2D eigenvalue weighted by atomic mass is 10.0. The fourth-order valence-corrected chi connectivity index (χ4v) is 3.49.